The van der Waals surface area contributed by atoms with E-state index >= 15 is 0 Å². The molecule has 0 bridgehead atoms. The molecule has 0 amide bonds. The molecule has 0 saturated carbocycles. The quantitative estimate of drug-likeness (QED) is 0.264. The molecule has 0 aliphatic carbocycles. The van der Waals surface area contributed by atoms with Crippen LogP contribution in [-0.2, 0) is 4.74 Å². The highest BCUT2D eigenvalue weighted by molar-refractivity contribution is 7.99. The van der Waals surface area contributed by atoms with Crippen LogP contribution in [0.4, 0.5) is 11.6 Å². The summed E-state index contributed by atoms with van der Waals surface area (Å²) in [4.78, 5) is 18.0. The Morgan fingerprint density at radius 3 is 3.00 bits per heavy atom. The van der Waals surface area contributed by atoms with E-state index < -0.39 is 4.92 Å². The first kappa shape index (κ1) is 12.7. The van der Waals surface area contributed by atoms with Crippen molar-refractivity contribution in [2.45, 2.75) is 5.03 Å². The van der Waals surface area contributed by atoms with Gasteiger partial charge < -0.3 is 10.1 Å². The van der Waals surface area contributed by atoms with Gasteiger partial charge in [0.15, 0.2) is 5.03 Å². The zero-order chi connectivity index (χ0) is 12.0. The molecule has 0 spiro atoms. The third-order valence-electron chi connectivity index (χ3n) is 1.68. The number of hydrogen-bond acceptors (Lipinski definition) is 7. The van der Waals surface area contributed by atoms with Gasteiger partial charge in [-0.05, 0) is 0 Å². The Morgan fingerprint density at radius 2 is 2.44 bits per heavy atom. The summed E-state index contributed by atoms with van der Waals surface area (Å²) in [5.74, 6) is 0.975. The fraction of sp³-hybridized carbons (Fsp3) is 0.500. The van der Waals surface area contributed by atoms with Crippen molar-refractivity contribution >= 4 is 23.4 Å². The second-order valence-corrected chi connectivity index (χ2v) is 3.82. The van der Waals surface area contributed by atoms with Crippen molar-refractivity contribution < 1.29 is 9.66 Å². The van der Waals surface area contributed by atoms with Crippen LogP contribution < -0.4 is 5.32 Å². The van der Waals surface area contributed by atoms with E-state index in [1.54, 1.807) is 14.2 Å². The maximum atomic E-state index is 10.7. The van der Waals surface area contributed by atoms with Crippen molar-refractivity contribution in [3.63, 3.8) is 0 Å². The topological polar surface area (TPSA) is 90.2 Å². The second kappa shape index (κ2) is 6.23. The third kappa shape index (κ3) is 3.31. The van der Waals surface area contributed by atoms with Crippen LogP contribution in [0.25, 0.3) is 0 Å². The number of ether oxygens (including phenoxy) is 1. The van der Waals surface area contributed by atoms with Gasteiger partial charge >= 0.3 is 5.69 Å². The molecule has 7 nitrogen and oxygen atoms in total. The van der Waals surface area contributed by atoms with Gasteiger partial charge in [-0.25, -0.2) is 4.98 Å². The van der Waals surface area contributed by atoms with E-state index in [2.05, 4.69) is 15.3 Å². The first-order chi connectivity index (χ1) is 7.69. The summed E-state index contributed by atoms with van der Waals surface area (Å²) < 4.78 is 4.87. The Morgan fingerprint density at radius 1 is 1.69 bits per heavy atom. The minimum atomic E-state index is -0.491. The van der Waals surface area contributed by atoms with E-state index in [1.165, 1.54) is 18.0 Å². The summed E-state index contributed by atoms with van der Waals surface area (Å²) >= 11 is 1.27. The first-order valence-electron chi connectivity index (χ1n) is 4.50. The lowest BCUT2D eigenvalue weighted by Crippen LogP contribution is -2.02. The molecule has 0 saturated heterocycles. The number of methoxy groups -OCH3 is 1. The molecule has 0 atom stereocenters. The van der Waals surface area contributed by atoms with Crippen molar-refractivity contribution in [1.82, 2.24) is 9.97 Å². The second-order valence-electron chi connectivity index (χ2n) is 2.73. The van der Waals surface area contributed by atoms with Gasteiger partial charge in [0.2, 0.25) is 5.95 Å². The van der Waals surface area contributed by atoms with E-state index in [0.29, 0.717) is 23.3 Å². The highest BCUT2D eigenvalue weighted by Gasteiger charge is 2.17. The largest absolute Gasteiger partial charge is 0.384 e. The number of aromatic nitrogens is 2. The summed E-state index contributed by atoms with van der Waals surface area (Å²) in [6, 6.07) is 0. The van der Waals surface area contributed by atoms with Crippen LogP contribution in [0.5, 0.6) is 0 Å². The van der Waals surface area contributed by atoms with Crippen LogP contribution in [0.2, 0.25) is 0 Å². The Kier molecular flexibility index (Phi) is 4.93. The van der Waals surface area contributed by atoms with Gasteiger partial charge in [-0.2, -0.15) is 4.98 Å². The number of rotatable bonds is 6. The third-order valence-corrected chi connectivity index (χ3v) is 2.63. The molecule has 1 aromatic rings. The lowest BCUT2D eigenvalue weighted by atomic mass is 10.5. The average Bonchev–Trinajstić information content (AvgIpc) is 2.29. The van der Waals surface area contributed by atoms with Crippen molar-refractivity contribution in [1.29, 1.82) is 0 Å². The molecule has 16 heavy (non-hydrogen) atoms. The van der Waals surface area contributed by atoms with Crippen LogP contribution in [0.15, 0.2) is 11.2 Å². The Hall–Kier alpha value is -1.41. The number of hydrogen-bond donors (Lipinski definition) is 1. The summed E-state index contributed by atoms with van der Waals surface area (Å²) in [6.45, 7) is 0.515. The lowest BCUT2D eigenvalue weighted by Gasteiger charge is -2.03. The van der Waals surface area contributed by atoms with E-state index in [-0.39, 0.29) is 5.69 Å². The fourth-order valence-corrected chi connectivity index (χ4v) is 1.80. The number of anilines is 1. The minimum absolute atomic E-state index is 0.0832. The molecule has 0 radical (unpaired) electrons. The SMILES string of the molecule is CNc1ncc([N+](=O)[O-])c(SCCOC)n1. The van der Waals surface area contributed by atoms with Crippen molar-refractivity contribution in [3.05, 3.63) is 16.3 Å². The highest BCUT2D eigenvalue weighted by Crippen LogP contribution is 2.26. The zero-order valence-electron chi connectivity index (χ0n) is 8.97. The predicted molar refractivity (Wildman–Crippen MR) is 60.8 cm³/mol. The van der Waals surface area contributed by atoms with Gasteiger partial charge in [0, 0.05) is 19.9 Å². The Labute approximate surface area is 96.8 Å². The van der Waals surface area contributed by atoms with Crippen molar-refractivity contribution in [2.24, 2.45) is 0 Å². The van der Waals surface area contributed by atoms with E-state index in [0.717, 1.165) is 0 Å². The predicted octanol–water partition coefficient (Wildman–Crippen LogP) is 1.16. The molecule has 0 aliphatic rings. The number of nitrogens with zero attached hydrogens (tertiary/aromatic N) is 3. The smallest absolute Gasteiger partial charge is 0.319 e. The molecule has 0 fully saturated rings. The average molecular weight is 244 g/mol. The zero-order valence-corrected chi connectivity index (χ0v) is 9.78. The minimum Gasteiger partial charge on any atom is -0.384 e. The van der Waals surface area contributed by atoms with Gasteiger partial charge in [-0.1, -0.05) is 11.8 Å². The normalized spacial score (nSPS) is 10.1. The Bertz CT molecular complexity index is 374. The molecular weight excluding hydrogens is 232 g/mol. The van der Waals surface area contributed by atoms with Crippen LogP contribution >= 0.6 is 11.8 Å². The molecular formula is C8H12N4O3S. The summed E-state index contributed by atoms with van der Waals surface area (Å²) in [6.07, 6.45) is 1.20. The molecule has 0 unspecified atom stereocenters. The maximum Gasteiger partial charge on any atom is 0.319 e. The molecule has 0 aromatic carbocycles. The van der Waals surface area contributed by atoms with Gasteiger partial charge in [-0.3, -0.25) is 10.1 Å². The van der Waals surface area contributed by atoms with E-state index in [9.17, 15) is 10.1 Å². The van der Waals surface area contributed by atoms with Crippen molar-refractivity contribution in [2.75, 3.05) is 31.8 Å². The van der Waals surface area contributed by atoms with Crippen LogP contribution in [0.3, 0.4) is 0 Å². The molecule has 88 valence electrons. The highest BCUT2D eigenvalue weighted by atomic mass is 32.2. The molecule has 1 heterocycles. The first-order valence-corrected chi connectivity index (χ1v) is 5.48. The van der Waals surface area contributed by atoms with Gasteiger partial charge in [0.25, 0.3) is 0 Å². The van der Waals surface area contributed by atoms with Crippen LogP contribution in [0, 0.1) is 10.1 Å². The molecule has 8 heteroatoms. The summed E-state index contributed by atoms with van der Waals surface area (Å²) in [7, 11) is 3.23. The lowest BCUT2D eigenvalue weighted by molar-refractivity contribution is -0.388. The number of nitrogens with one attached hydrogen (secondary N) is 1. The van der Waals surface area contributed by atoms with Gasteiger partial charge in [0.1, 0.15) is 6.20 Å². The molecule has 1 rings (SSSR count). The number of thioether (sulfide) groups is 1. The van der Waals surface area contributed by atoms with E-state index in [1.807, 2.05) is 0 Å². The summed E-state index contributed by atoms with van der Waals surface area (Å²) in [5, 5.41) is 13.8. The summed E-state index contributed by atoms with van der Waals surface area (Å²) in [5.41, 5.74) is -0.0832. The van der Waals surface area contributed by atoms with Gasteiger partial charge in [0.05, 0.1) is 11.5 Å². The monoisotopic (exact) mass is 244 g/mol. The van der Waals surface area contributed by atoms with E-state index in [4.69, 9.17) is 4.74 Å². The van der Waals surface area contributed by atoms with Crippen LogP contribution in [-0.4, -0.2) is 41.4 Å². The maximum absolute atomic E-state index is 10.7. The standard InChI is InChI=1S/C8H12N4O3S/c1-9-8-10-5-6(12(13)14)7(11-8)16-4-3-15-2/h5H,3-4H2,1-2H3,(H,9,10,11). The molecule has 0 aliphatic heterocycles. The fourth-order valence-electron chi connectivity index (χ4n) is 0.933. The Balaban J connectivity index is 2.87. The molecule has 1 N–H and O–H groups in total. The van der Waals surface area contributed by atoms with Crippen LogP contribution in [0.1, 0.15) is 0 Å². The molecule has 1 aromatic heterocycles. The van der Waals surface area contributed by atoms with Gasteiger partial charge in [-0.15, -0.1) is 0 Å². The van der Waals surface area contributed by atoms with Crippen molar-refractivity contribution in [3.8, 4) is 0 Å². The number of nitro groups is 1.